The second-order valence-electron chi connectivity index (χ2n) is 7.11. The highest BCUT2D eigenvalue weighted by molar-refractivity contribution is 14.0. The number of aliphatic hydroxyl groups is 1. The van der Waals surface area contributed by atoms with Gasteiger partial charge in [0.25, 0.3) is 0 Å². The molecule has 0 aliphatic carbocycles. The van der Waals surface area contributed by atoms with Gasteiger partial charge in [0.1, 0.15) is 12.1 Å². The largest absolute Gasteiger partial charge is 0.384 e. The zero-order valence-electron chi connectivity index (χ0n) is 16.9. The first kappa shape index (κ1) is 23.6. The molecule has 1 atom stereocenters. The van der Waals surface area contributed by atoms with Gasteiger partial charge in [-0.1, -0.05) is 18.2 Å². The summed E-state index contributed by atoms with van der Waals surface area (Å²) >= 11 is 1.55. The molecule has 1 aliphatic rings. The second-order valence-corrected chi connectivity index (χ2v) is 7.89. The lowest BCUT2D eigenvalue weighted by Crippen LogP contribution is -2.45. The van der Waals surface area contributed by atoms with Crippen LogP contribution in [-0.2, 0) is 16.8 Å². The van der Waals surface area contributed by atoms with Crippen molar-refractivity contribution < 1.29 is 9.90 Å². The van der Waals surface area contributed by atoms with E-state index in [1.165, 1.54) is 5.56 Å². The van der Waals surface area contributed by atoms with Crippen LogP contribution in [0.25, 0.3) is 0 Å². The van der Waals surface area contributed by atoms with E-state index < -0.39 is 5.60 Å². The van der Waals surface area contributed by atoms with Gasteiger partial charge in [-0.25, -0.2) is 4.99 Å². The van der Waals surface area contributed by atoms with E-state index in [2.05, 4.69) is 21.7 Å². The Labute approximate surface area is 193 Å². The molecule has 2 heterocycles. The second kappa shape index (κ2) is 10.9. The van der Waals surface area contributed by atoms with Crippen LogP contribution in [-0.4, -0.2) is 43.2 Å². The topological polar surface area (TPSA) is 77.0 Å². The summed E-state index contributed by atoms with van der Waals surface area (Å²) in [6.45, 7) is 5.49. The van der Waals surface area contributed by atoms with Crippen molar-refractivity contribution in [1.82, 2.24) is 10.6 Å². The maximum Gasteiger partial charge on any atom is 0.248 e. The first-order chi connectivity index (χ1) is 13.5. The Morgan fingerprint density at radius 1 is 1.31 bits per heavy atom. The number of amides is 1. The zero-order valence-corrected chi connectivity index (χ0v) is 20.0. The number of rotatable bonds is 6. The van der Waals surface area contributed by atoms with Crippen LogP contribution in [0.1, 0.15) is 31.4 Å². The molecule has 158 valence electrons. The van der Waals surface area contributed by atoms with Crippen LogP contribution in [0, 0.1) is 0 Å². The maximum absolute atomic E-state index is 12.8. The number of guanidine groups is 1. The molecule has 0 spiro atoms. The molecular weight excluding hydrogens is 499 g/mol. The van der Waals surface area contributed by atoms with Crippen molar-refractivity contribution in [3.63, 3.8) is 0 Å². The third kappa shape index (κ3) is 6.16. The summed E-state index contributed by atoms with van der Waals surface area (Å²) in [6.07, 6.45) is 1.97. The average Bonchev–Trinajstić information content (AvgIpc) is 3.25. The van der Waals surface area contributed by atoms with Gasteiger partial charge in [0.05, 0.1) is 6.54 Å². The van der Waals surface area contributed by atoms with Gasteiger partial charge in [0, 0.05) is 18.8 Å². The zero-order chi connectivity index (χ0) is 20.0. The fraction of sp³-hybridized carbons (Fsp3) is 0.429. The van der Waals surface area contributed by atoms with E-state index in [-0.39, 0.29) is 36.4 Å². The van der Waals surface area contributed by atoms with E-state index in [4.69, 9.17) is 0 Å². The van der Waals surface area contributed by atoms with E-state index in [0.717, 1.165) is 30.6 Å². The number of halogens is 1. The lowest BCUT2D eigenvalue weighted by atomic mass is 9.99. The first-order valence-corrected chi connectivity index (χ1v) is 10.6. The van der Waals surface area contributed by atoms with Gasteiger partial charge in [-0.2, -0.15) is 11.3 Å². The van der Waals surface area contributed by atoms with Crippen LogP contribution >= 0.6 is 35.3 Å². The van der Waals surface area contributed by atoms with Crippen LogP contribution in [0.3, 0.4) is 0 Å². The number of anilines is 1. The standard InChI is InChI=1S/C21H28N4O2S.HI/c1-3-22-20(24-15-21(2,27)17-10-12-28-14-17)23-13-19(26)25-11-6-8-16-7-4-5-9-18(16)25;/h4-5,7,9-10,12,14,27H,3,6,8,11,13,15H2,1-2H3,(H2,22,23,24);1H. The smallest absolute Gasteiger partial charge is 0.248 e. The Balaban J connectivity index is 0.00000300. The molecule has 0 saturated heterocycles. The van der Waals surface area contributed by atoms with Crippen molar-refractivity contribution in [2.75, 3.05) is 31.1 Å². The molecule has 3 rings (SSSR count). The SMILES string of the molecule is CCNC(=NCC(=O)N1CCCc2ccccc21)NCC(C)(O)c1ccsc1.I. The van der Waals surface area contributed by atoms with Crippen molar-refractivity contribution in [3.05, 3.63) is 52.2 Å². The van der Waals surface area contributed by atoms with Crippen LogP contribution in [0.4, 0.5) is 5.69 Å². The summed E-state index contributed by atoms with van der Waals surface area (Å²) in [5.41, 5.74) is 2.06. The number of thiophene rings is 1. The Hall–Kier alpha value is -1.65. The fourth-order valence-electron chi connectivity index (χ4n) is 3.30. The number of fused-ring (bicyclic) bond motifs is 1. The summed E-state index contributed by atoms with van der Waals surface area (Å²) in [7, 11) is 0. The van der Waals surface area contributed by atoms with Crippen LogP contribution < -0.4 is 15.5 Å². The molecule has 0 radical (unpaired) electrons. The monoisotopic (exact) mass is 528 g/mol. The highest BCUT2D eigenvalue weighted by atomic mass is 127. The molecule has 0 bridgehead atoms. The number of benzene rings is 1. The summed E-state index contributed by atoms with van der Waals surface area (Å²) < 4.78 is 0. The Bertz CT molecular complexity index is 824. The molecular formula is C21H29IN4O2S. The van der Waals surface area contributed by atoms with E-state index in [0.29, 0.717) is 19.0 Å². The van der Waals surface area contributed by atoms with Crippen molar-refractivity contribution in [2.24, 2.45) is 4.99 Å². The fourth-order valence-corrected chi connectivity index (χ4v) is 4.08. The molecule has 1 aromatic carbocycles. The van der Waals surface area contributed by atoms with E-state index in [1.807, 2.05) is 46.8 Å². The number of nitrogens with zero attached hydrogens (tertiary/aromatic N) is 2. The first-order valence-electron chi connectivity index (χ1n) is 9.67. The molecule has 0 saturated carbocycles. The molecule has 1 aliphatic heterocycles. The predicted octanol–water partition coefficient (Wildman–Crippen LogP) is 3.11. The number of aliphatic imine (C=N–C) groups is 1. The van der Waals surface area contributed by atoms with Crippen LogP contribution in [0.2, 0.25) is 0 Å². The molecule has 1 unspecified atom stereocenters. The maximum atomic E-state index is 12.8. The Kier molecular flexibility index (Phi) is 8.91. The number of hydrogen-bond acceptors (Lipinski definition) is 4. The number of para-hydroxylation sites is 1. The molecule has 0 fully saturated rings. The minimum absolute atomic E-state index is 0. The summed E-state index contributed by atoms with van der Waals surface area (Å²) in [5, 5.41) is 20.8. The summed E-state index contributed by atoms with van der Waals surface area (Å²) in [5.74, 6) is 0.505. The lowest BCUT2D eigenvalue weighted by Gasteiger charge is -2.29. The van der Waals surface area contributed by atoms with Crippen molar-refractivity contribution in [3.8, 4) is 0 Å². The molecule has 2 aromatic rings. The quantitative estimate of drug-likeness (QED) is 0.306. The number of hydrogen-bond donors (Lipinski definition) is 3. The van der Waals surface area contributed by atoms with Gasteiger partial charge in [0.2, 0.25) is 5.91 Å². The molecule has 8 heteroatoms. The summed E-state index contributed by atoms with van der Waals surface area (Å²) in [4.78, 5) is 19.0. The molecule has 1 amide bonds. The van der Waals surface area contributed by atoms with Gasteiger partial charge >= 0.3 is 0 Å². The Morgan fingerprint density at radius 3 is 2.83 bits per heavy atom. The van der Waals surface area contributed by atoms with Crippen molar-refractivity contribution in [2.45, 2.75) is 32.3 Å². The minimum atomic E-state index is -1.01. The van der Waals surface area contributed by atoms with Crippen molar-refractivity contribution in [1.29, 1.82) is 0 Å². The van der Waals surface area contributed by atoms with E-state index in [1.54, 1.807) is 18.3 Å². The third-order valence-electron chi connectivity index (χ3n) is 4.87. The average molecular weight is 528 g/mol. The van der Waals surface area contributed by atoms with Crippen LogP contribution in [0.5, 0.6) is 0 Å². The summed E-state index contributed by atoms with van der Waals surface area (Å²) in [6, 6.07) is 9.96. The van der Waals surface area contributed by atoms with Gasteiger partial charge in [0.15, 0.2) is 5.96 Å². The number of carbonyl (C=O) groups excluding carboxylic acids is 1. The van der Waals surface area contributed by atoms with Crippen molar-refractivity contribution >= 4 is 52.9 Å². The normalized spacial score (nSPS) is 15.7. The van der Waals surface area contributed by atoms with E-state index in [9.17, 15) is 9.90 Å². The number of nitrogens with one attached hydrogen (secondary N) is 2. The molecule has 3 N–H and O–H groups in total. The van der Waals surface area contributed by atoms with Gasteiger partial charge < -0.3 is 20.6 Å². The van der Waals surface area contributed by atoms with Gasteiger partial charge in [-0.3, -0.25) is 4.79 Å². The predicted molar refractivity (Wildman–Crippen MR) is 130 cm³/mol. The highest BCUT2D eigenvalue weighted by Crippen LogP contribution is 2.26. The molecule has 1 aromatic heterocycles. The highest BCUT2D eigenvalue weighted by Gasteiger charge is 2.24. The van der Waals surface area contributed by atoms with Crippen LogP contribution in [0.15, 0.2) is 46.1 Å². The van der Waals surface area contributed by atoms with Gasteiger partial charge in [-0.15, -0.1) is 24.0 Å². The Morgan fingerprint density at radius 2 is 2.10 bits per heavy atom. The third-order valence-corrected chi connectivity index (χ3v) is 5.55. The van der Waals surface area contributed by atoms with Gasteiger partial charge in [-0.05, 0) is 60.7 Å². The number of aryl methyl sites for hydroxylation is 1. The molecule has 6 nitrogen and oxygen atoms in total. The minimum Gasteiger partial charge on any atom is -0.384 e. The molecule has 29 heavy (non-hydrogen) atoms. The lowest BCUT2D eigenvalue weighted by molar-refractivity contribution is -0.117. The van der Waals surface area contributed by atoms with E-state index >= 15 is 0 Å². The number of carbonyl (C=O) groups is 1.